The normalized spacial score (nSPS) is 19.4. The van der Waals surface area contributed by atoms with Gasteiger partial charge >= 0.3 is 11.9 Å². The van der Waals surface area contributed by atoms with Gasteiger partial charge in [-0.25, -0.2) is 4.39 Å². The Labute approximate surface area is 198 Å². The summed E-state index contributed by atoms with van der Waals surface area (Å²) in [6, 6.07) is 14.6. The lowest BCUT2D eigenvalue weighted by molar-refractivity contribution is -0.146. The molecule has 0 bridgehead atoms. The Morgan fingerprint density at radius 3 is 2.50 bits per heavy atom. The monoisotopic (exact) mass is 470 g/mol. The summed E-state index contributed by atoms with van der Waals surface area (Å²) in [5, 5.41) is 12.7. The van der Waals surface area contributed by atoms with Gasteiger partial charge in [0.05, 0.1) is 12.5 Å². The number of rotatable bonds is 10. The highest BCUT2D eigenvalue weighted by molar-refractivity contribution is 5.87. The van der Waals surface area contributed by atoms with Crippen LogP contribution in [0.5, 0.6) is 0 Å². The first-order chi connectivity index (χ1) is 16.4. The predicted molar refractivity (Wildman–Crippen MR) is 125 cm³/mol. The number of likely N-dealkylation sites (tertiary alicyclic amines) is 1. The number of carbonyl (C=O) groups is 3. The van der Waals surface area contributed by atoms with Crippen LogP contribution in [0.1, 0.15) is 43.2 Å². The maximum absolute atomic E-state index is 13.4. The number of halogens is 1. The molecule has 1 fully saturated rings. The van der Waals surface area contributed by atoms with Gasteiger partial charge in [-0.2, -0.15) is 0 Å². The molecule has 3 atom stereocenters. The largest absolute Gasteiger partial charge is 0.480 e. The first kappa shape index (κ1) is 25.4. The van der Waals surface area contributed by atoms with Crippen molar-refractivity contribution in [3.05, 3.63) is 71.5 Å². The van der Waals surface area contributed by atoms with E-state index in [0.717, 1.165) is 5.56 Å². The van der Waals surface area contributed by atoms with Crippen LogP contribution in [0.2, 0.25) is 0 Å². The fraction of sp³-hybridized carbons (Fsp3) is 0.423. The molecule has 0 radical (unpaired) electrons. The van der Waals surface area contributed by atoms with Crippen LogP contribution in [0, 0.1) is 5.82 Å². The average molecular weight is 471 g/mol. The van der Waals surface area contributed by atoms with Gasteiger partial charge in [0, 0.05) is 12.6 Å². The molecular formula is C26H31FN2O5. The highest BCUT2D eigenvalue weighted by atomic mass is 19.1. The number of ether oxygens (including phenoxy) is 1. The topological polar surface area (TPSA) is 95.9 Å². The molecule has 2 N–H and O–H groups in total. The van der Waals surface area contributed by atoms with Crippen molar-refractivity contribution in [2.45, 2.75) is 50.6 Å². The van der Waals surface area contributed by atoms with Gasteiger partial charge in [0.25, 0.3) is 0 Å². The number of esters is 1. The van der Waals surface area contributed by atoms with Crippen LogP contribution in [0.3, 0.4) is 0 Å². The second kappa shape index (κ2) is 12.3. The number of carboxylic acids is 1. The highest BCUT2D eigenvalue weighted by Crippen LogP contribution is 2.28. The lowest BCUT2D eigenvalue weighted by Gasteiger charge is -2.28. The Hall–Kier alpha value is -3.26. The number of hydrogen-bond donors (Lipinski definition) is 2. The van der Waals surface area contributed by atoms with E-state index >= 15 is 0 Å². The van der Waals surface area contributed by atoms with Crippen molar-refractivity contribution in [3.8, 4) is 0 Å². The van der Waals surface area contributed by atoms with Crippen molar-refractivity contribution < 1.29 is 28.6 Å². The first-order valence-electron chi connectivity index (χ1n) is 11.6. The molecule has 2 aromatic rings. The van der Waals surface area contributed by atoms with Gasteiger partial charge in [-0.15, -0.1) is 0 Å². The van der Waals surface area contributed by atoms with E-state index < -0.39 is 30.3 Å². The maximum atomic E-state index is 13.4. The number of nitrogens with zero attached hydrogens (tertiary/aromatic N) is 1. The standard InChI is InChI=1S/C26H31FN2O5/c1-2-34-26(33)23(15-8-18-6-4-3-5-7-18)28-21-13-14-22(19-9-11-20(27)12-10-19)25(32)29(16-21)17-24(30)31/h3-7,9-12,21-23,28H,2,8,13-17H2,1H3,(H,30,31)/t21-,22+,23+/m1/s1. The third-order valence-electron chi connectivity index (χ3n) is 6.03. The van der Waals surface area contributed by atoms with E-state index in [1.807, 2.05) is 30.3 Å². The molecule has 1 heterocycles. The van der Waals surface area contributed by atoms with Gasteiger partial charge in [-0.3, -0.25) is 19.7 Å². The summed E-state index contributed by atoms with van der Waals surface area (Å²) >= 11 is 0. The van der Waals surface area contributed by atoms with E-state index in [1.54, 1.807) is 19.1 Å². The van der Waals surface area contributed by atoms with Crippen molar-refractivity contribution in [2.24, 2.45) is 0 Å². The van der Waals surface area contributed by atoms with Crippen LogP contribution in [0.15, 0.2) is 54.6 Å². The Kier molecular flexibility index (Phi) is 9.16. The molecule has 8 heteroatoms. The van der Waals surface area contributed by atoms with Crippen molar-refractivity contribution in [1.29, 1.82) is 0 Å². The summed E-state index contributed by atoms with van der Waals surface area (Å²) < 4.78 is 18.7. The summed E-state index contributed by atoms with van der Waals surface area (Å²) in [4.78, 5) is 38.6. The zero-order valence-electron chi connectivity index (χ0n) is 19.3. The lowest BCUT2D eigenvalue weighted by atomic mass is 9.92. The molecule has 1 aliphatic heterocycles. The average Bonchev–Trinajstić information content (AvgIpc) is 2.96. The first-order valence-corrected chi connectivity index (χ1v) is 11.6. The molecular weight excluding hydrogens is 439 g/mol. The highest BCUT2D eigenvalue weighted by Gasteiger charge is 2.34. The molecule has 1 aliphatic rings. The van der Waals surface area contributed by atoms with E-state index in [4.69, 9.17) is 4.74 Å². The molecule has 7 nitrogen and oxygen atoms in total. The molecule has 182 valence electrons. The van der Waals surface area contributed by atoms with Gasteiger partial charge < -0.3 is 14.7 Å². The van der Waals surface area contributed by atoms with Crippen LogP contribution < -0.4 is 5.32 Å². The minimum absolute atomic E-state index is 0.157. The van der Waals surface area contributed by atoms with Crippen molar-refractivity contribution in [3.63, 3.8) is 0 Å². The van der Waals surface area contributed by atoms with E-state index in [1.165, 1.54) is 17.0 Å². The third-order valence-corrected chi connectivity index (χ3v) is 6.03. The number of aliphatic carboxylic acids is 1. The fourth-order valence-corrected chi connectivity index (χ4v) is 4.36. The number of carbonyl (C=O) groups excluding carboxylic acids is 2. The number of benzene rings is 2. The minimum atomic E-state index is -1.11. The quantitative estimate of drug-likeness (QED) is 0.518. The summed E-state index contributed by atoms with van der Waals surface area (Å²) in [6.07, 6.45) is 2.17. The SMILES string of the molecule is CCOC(=O)[C@H](CCc1ccccc1)N[C@@H]1CC[C@@H](c2ccc(F)cc2)C(=O)N(CC(=O)O)C1. The molecule has 1 saturated heterocycles. The van der Waals surface area contributed by atoms with E-state index in [9.17, 15) is 23.9 Å². The van der Waals surface area contributed by atoms with E-state index in [0.29, 0.717) is 31.2 Å². The van der Waals surface area contributed by atoms with Gasteiger partial charge in [0.2, 0.25) is 5.91 Å². The molecule has 2 aromatic carbocycles. The van der Waals surface area contributed by atoms with Crippen LogP contribution in [-0.4, -0.2) is 59.6 Å². The predicted octanol–water partition coefficient (Wildman–Crippen LogP) is 3.14. The molecule has 3 rings (SSSR count). The van der Waals surface area contributed by atoms with Crippen LogP contribution in [-0.2, 0) is 25.5 Å². The summed E-state index contributed by atoms with van der Waals surface area (Å²) in [6.45, 7) is 1.72. The summed E-state index contributed by atoms with van der Waals surface area (Å²) in [7, 11) is 0. The van der Waals surface area contributed by atoms with Gasteiger partial charge in [0.1, 0.15) is 18.4 Å². The Balaban J connectivity index is 1.77. The van der Waals surface area contributed by atoms with Crippen LogP contribution in [0.25, 0.3) is 0 Å². The van der Waals surface area contributed by atoms with E-state index in [-0.39, 0.29) is 31.1 Å². The number of carboxylic acid groups (broad SMARTS) is 1. The molecule has 34 heavy (non-hydrogen) atoms. The summed E-state index contributed by atoms with van der Waals surface area (Å²) in [5.74, 6) is -2.76. The number of hydrogen-bond acceptors (Lipinski definition) is 5. The third kappa shape index (κ3) is 7.12. The minimum Gasteiger partial charge on any atom is -0.480 e. The lowest BCUT2D eigenvalue weighted by Crippen LogP contribution is -2.50. The zero-order valence-corrected chi connectivity index (χ0v) is 19.3. The molecule has 0 aliphatic carbocycles. The molecule has 0 saturated carbocycles. The number of nitrogens with one attached hydrogen (secondary N) is 1. The van der Waals surface area contributed by atoms with Gasteiger partial charge in [0.15, 0.2) is 0 Å². The van der Waals surface area contributed by atoms with Crippen molar-refractivity contribution in [2.75, 3.05) is 19.7 Å². The number of aryl methyl sites for hydroxylation is 1. The molecule has 0 aromatic heterocycles. The zero-order chi connectivity index (χ0) is 24.5. The van der Waals surface area contributed by atoms with Gasteiger partial charge in [-0.1, -0.05) is 42.5 Å². The van der Waals surface area contributed by atoms with Crippen molar-refractivity contribution >= 4 is 17.8 Å². The number of amides is 1. The second-order valence-corrected chi connectivity index (χ2v) is 8.49. The van der Waals surface area contributed by atoms with Crippen LogP contribution in [0.4, 0.5) is 4.39 Å². The van der Waals surface area contributed by atoms with Crippen molar-refractivity contribution in [1.82, 2.24) is 10.2 Å². The molecule has 0 unspecified atom stereocenters. The van der Waals surface area contributed by atoms with Crippen LogP contribution >= 0.6 is 0 Å². The smallest absolute Gasteiger partial charge is 0.323 e. The Bertz CT molecular complexity index is 967. The van der Waals surface area contributed by atoms with E-state index in [2.05, 4.69) is 5.32 Å². The summed E-state index contributed by atoms with van der Waals surface area (Å²) in [5.41, 5.74) is 1.74. The maximum Gasteiger partial charge on any atom is 0.323 e. The Morgan fingerprint density at radius 2 is 1.85 bits per heavy atom. The molecule has 1 amide bonds. The second-order valence-electron chi connectivity index (χ2n) is 8.49. The fourth-order valence-electron chi connectivity index (χ4n) is 4.36. The Morgan fingerprint density at radius 1 is 1.15 bits per heavy atom. The molecule has 0 spiro atoms. The van der Waals surface area contributed by atoms with Gasteiger partial charge in [-0.05, 0) is 55.9 Å².